The van der Waals surface area contributed by atoms with Crippen molar-refractivity contribution in [3.63, 3.8) is 0 Å². The van der Waals surface area contributed by atoms with Gasteiger partial charge < -0.3 is 10.1 Å². The van der Waals surface area contributed by atoms with Gasteiger partial charge in [-0.1, -0.05) is 19.9 Å². The van der Waals surface area contributed by atoms with Gasteiger partial charge >= 0.3 is 0 Å². The number of fused-ring (bicyclic) bond motifs is 2. The normalized spacial score (nSPS) is 15.7. The van der Waals surface area contributed by atoms with Gasteiger partial charge in [-0.2, -0.15) is 5.10 Å². The van der Waals surface area contributed by atoms with Crippen molar-refractivity contribution in [2.24, 2.45) is 0 Å². The summed E-state index contributed by atoms with van der Waals surface area (Å²) in [4.78, 5) is 13.7. The molecule has 0 unspecified atom stereocenters. The molecule has 1 saturated heterocycles. The second-order valence-corrected chi connectivity index (χ2v) is 9.01. The average Bonchev–Trinajstić information content (AvgIpc) is 3.43. The number of nitrogens with zero attached hydrogens (tertiary/aromatic N) is 5. The molecule has 1 aromatic carbocycles. The lowest BCUT2D eigenvalue weighted by Crippen LogP contribution is -2.32. The van der Waals surface area contributed by atoms with E-state index in [1.54, 1.807) is 4.52 Å². The number of nitrogens with one attached hydrogen (secondary N) is 1. The summed E-state index contributed by atoms with van der Waals surface area (Å²) < 4.78 is 1.73. The van der Waals surface area contributed by atoms with Crippen LogP contribution < -0.4 is 0 Å². The Hall–Kier alpha value is -3.21. The van der Waals surface area contributed by atoms with E-state index in [2.05, 4.69) is 56.9 Å². The molecule has 1 aliphatic rings. The topological polar surface area (TPSA) is 73.8 Å². The van der Waals surface area contributed by atoms with Crippen LogP contribution in [0.2, 0.25) is 0 Å². The van der Waals surface area contributed by atoms with Gasteiger partial charge in [-0.3, -0.25) is 4.85 Å². The molecule has 7 heteroatoms. The SMILES string of the molecule is [C-]#[N+]CN1CCC(c2ccc3[nH]c(-c4cc(CO)c5ncnn5c4)c(C(C)C)c3c2)CC1. The Labute approximate surface area is 187 Å². The summed E-state index contributed by atoms with van der Waals surface area (Å²) in [6, 6.07) is 8.82. The number of aromatic amines is 1. The summed E-state index contributed by atoms with van der Waals surface area (Å²) in [6.45, 7) is 14.0. The van der Waals surface area contributed by atoms with E-state index in [1.807, 2.05) is 12.3 Å². The molecule has 0 saturated carbocycles. The quantitative estimate of drug-likeness (QED) is 0.458. The van der Waals surface area contributed by atoms with E-state index in [0.717, 1.165) is 48.3 Å². The Bertz CT molecular complexity index is 1300. The number of likely N-dealkylation sites (tertiary alicyclic amines) is 1. The Morgan fingerprint density at radius 3 is 2.78 bits per heavy atom. The Morgan fingerprint density at radius 1 is 1.25 bits per heavy atom. The molecule has 4 heterocycles. The number of benzene rings is 1. The summed E-state index contributed by atoms with van der Waals surface area (Å²) in [6.07, 6.45) is 5.69. The largest absolute Gasteiger partial charge is 0.392 e. The van der Waals surface area contributed by atoms with Crippen LogP contribution >= 0.6 is 0 Å². The number of H-pyrrole nitrogens is 1. The highest BCUT2D eigenvalue weighted by Gasteiger charge is 2.23. The minimum absolute atomic E-state index is 0.0797. The second-order valence-electron chi connectivity index (χ2n) is 9.01. The first-order valence-corrected chi connectivity index (χ1v) is 11.2. The zero-order chi connectivity index (χ0) is 22.2. The van der Waals surface area contributed by atoms with Crippen molar-refractivity contribution in [3.8, 4) is 11.3 Å². The van der Waals surface area contributed by atoms with Gasteiger partial charge in [0.2, 0.25) is 0 Å². The van der Waals surface area contributed by atoms with Crippen molar-refractivity contribution >= 4 is 16.6 Å². The monoisotopic (exact) mass is 428 g/mol. The van der Waals surface area contributed by atoms with E-state index in [9.17, 15) is 5.11 Å². The molecule has 4 aromatic rings. The smallest absolute Gasteiger partial charge is 0.270 e. The van der Waals surface area contributed by atoms with Gasteiger partial charge in [0.05, 0.1) is 12.3 Å². The molecule has 0 amide bonds. The molecule has 0 bridgehead atoms. The molecule has 3 aromatic heterocycles. The fourth-order valence-electron chi connectivity index (χ4n) is 5.07. The zero-order valence-corrected chi connectivity index (χ0v) is 18.5. The van der Waals surface area contributed by atoms with Crippen LogP contribution in [-0.2, 0) is 6.61 Å². The number of hydrogen-bond acceptors (Lipinski definition) is 4. The lowest BCUT2D eigenvalue weighted by Gasteiger charge is -2.28. The Balaban J connectivity index is 1.57. The minimum atomic E-state index is -0.0797. The van der Waals surface area contributed by atoms with Crippen LogP contribution in [0.1, 0.15) is 55.2 Å². The number of pyridine rings is 1. The van der Waals surface area contributed by atoms with Crippen LogP contribution in [0.15, 0.2) is 36.8 Å². The van der Waals surface area contributed by atoms with Crippen LogP contribution in [0.25, 0.3) is 32.7 Å². The van der Waals surface area contributed by atoms with Crippen LogP contribution in [0.5, 0.6) is 0 Å². The molecular weight excluding hydrogens is 400 g/mol. The Kier molecular flexibility index (Phi) is 5.41. The molecule has 5 rings (SSSR count). The first kappa shape index (κ1) is 20.7. The summed E-state index contributed by atoms with van der Waals surface area (Å²) >= 11 is 0. The van der Waals surface area contributed by atoms with Crippen molar-refractivity contribution in [2.75, 3.05) is 19.8 Å². The minimum Gasteiger partial charge on any atom is -0.392 e. The lowest BCUT2D eigenvalue weighted by atomic mass is 9.87. The maximum absolute atomic E-state index is 9.87. The van der Waals surface area contributed by atoms with E-state index >= 15 is 0 Å². The third-order valence-corrected chi connectivity index (χ3v) is 6.68. The molecule has 164 valence electrons. The third kappa shape index (κ3) is 3.56. The highest BCUT2D eigenvalue weighted by Crippen LogP contribution is 2.38. The molecule has 0 atom stereocenters. The van der Waals surface area contributed by atoms with Crippen molar-refractivity contribution < 1.29 is 5.11 Å². The fraction of sp³-hybridized carbons (Fsp3) is 0.400. The molecule has 1 fully saturated rings. The molecule has 1 aliphatic heterocycles. The van der Waals surface area contributed by atoms with Crippen LogP contribution in [0, 0.1) is 6.57 Å². The molecule has 0 spiro atoms. The van der Waals surface area contributed by atoms with Gasteiger partial charge in [0.25, 0.3) is 6.67 Å². The highest BCUT2D eigenvalue weighted by molar-refractivity contribution is 5.92. The summed E-state index contributed by atoms with van der Waals surface area (Å²) in [5.41, 5.74) is 7.32. The van der Waals surface area contributed by atoms with Crippen molar-refractivity contribution in [3.05, 3.63) is 64.9 Å². The summed E-state index contributed by atoms with van der Waals surface area (Å²) in [7, 11) is 0. The van der Waals surface area contributed by atoms with Crippen molar-refractivity contribution in [2.45, 2.75) is 45.1 Å². The zero-order valence-electron chi connectivity index (χ0n) is 18.5. The van der Waals surface area contributed by atoms with Gasteiger partial charge in [-0.15, -0.1) is 0 Å². The molecule has 0 aliphatic carbocycles. The maximum atomic E-state index is 9.87. The van der Waals surface area contributed by atoms with Gasteiger partial charge in [0.1, 0.15) is 6.33 Å². The van der Waals surface area contributed by atoms with Crippen LogP contribution in [0.3, 0.4) is 0 Å². The van der Waals surface area contributed by atoms with Crippen molar-refractivity contribution in [1.29, 1.82) is 0 Å². The van der Waals surface area contributed by atoms with E-state index in [-0.39, 0.29) is 6.61 Å². The number of rotatable bonds is 5. The van der Waals surface area contributed by atoms with Gasteiger partial charge in [-0.05, 0) is 54.0 Å². The molecule has 32 heavy (non-hydrogen) atoms. The molecule has 7 nitrogen and oxygen atoms in total. The van der Waals surface area contributed by atoms with E-state index in [0.29, 0.717) is 24.2 Å². The predicted molar refractivity (Wildman–Crippen MR) is 125 cm³/mol. The van der Waals surface area contributed by atoms with E-state index in [1.165, 1.54) is 22.8 Å². The first-order valence-electron chi connectivity index (χ1n) is 11.2. The number of aliphatic hydroxyl groups excluding tert-OH is 1. The maximum Gasteiger partial charge on any atom is 0.270 e. The fourth-order valence-corrected chi connectivity index (χ4v) is 5.07. The van der Waals surface area contributed by atoms with E-state index in [4.69, 9.17) is 6.57 Å². The van der Waals surface area contributed by atoms with E-state index < -0.39 is 0 Å². The molecule has 0 radical (unpaired) electrons. The summed E-state index contributed by atoms with van der Waals surface area (Å²) in [5, 5.41) is 15.4. The van der Waals surface area contributed by atoms with Crippen LogP contribution in [0.4, 0.5) is 0 Å². The molecule has 2 N–H and O–H groups in total. The van der Waals surface area contributed by atoms with Gasteiger partial charge in [0, 0.05) is 41.3 Å². The number of hydrogen-bond donors (Lipinski definition) is 2. The first-order chi connectivity index (χ1) is 15.6. The molecular formula is C25H28N6O. The summed E-state index contributed by atoms with van der Waals surface area (Å²) in [5.74, 6) is 0.866. The number of aromatic nitrogens is 4. The third-order valence-electron chi connectivity index (χ3n) is 6.68. The number of piperidine rings is 1. The van der Waals surface area contributed by atoms with Crippen LogP contribution in [-0.4, -0.2) is 49.3 Å². The Morgan fingerprint density at radius 2 is 2.06 bits per heavy atom. The van der Waals surface area contributed by atoms with Gasteiger partial charge in [-0.25, -0.2) is 21.0 Å². The van der Waals surface area contributed by atoms with Gasteiger partial charge in [0.15, 0.2) is 5.65 Å². The second kappa shape index (κ2) is 8.38. The lowest BCUT2D eigenvalue weighted by molar-refractivity contribution is 0.232. The standard InChI is InChI=1S/C25H28N6O/c1-16(2)23-21-11-18(17-6-8-30(9-7-17)15-26-3)4-5-22(21)29-24(23)19-10-20(13-32)25-27-14-28-31(25)12-19/h4-5,10-12,14,16-17,29,32H,6-9,13,15H2,1-2H3. The number of aliphatic hydroxyl groups is 1. The van der Waals surface area contributed by atoms with Crippen molar-refractivity contribution in [1.82, 2.24) is 24.5 Å². The highest BCUT2D eigenvalue weighted by atomic mass is 16.3. The average molecular weight is 429 g/mol. The predicted octanol–water partition coefficient (Wildman–Crippen LogP) is 4.55.